The summed E-state index contributed by atoms with van der Waals surface area (Å²) in [6.07, 6.45) is 1.95. The number of fused-ring (bicyclic) bond motifs is 4. The Morgan fingerprint density at radius 3 is 2.42 bits per heavy atom. The van der Waals surface area contributed by atoms with Crippen molar-refractivity contribution >= 4 is 6.09 Å². The molecule has 4 aliphatic heterocycles. The Morgan fingerprint density at radius 2 is 1.79 bits per heavy atom. The number of ether oxygens (including phenoxy) is 2. The summed E-state index contributed by atoms with van der Waals surface area (Å²) in [7, 11) is 0. The second-order valence-corrected chi connectivity index (χ2v) is 11.0. The van der Waals surface area contributed by atoms with Crippen LogP contribution in [0.25, 0.3) is 11.1 Å². The average Bonchev–Trinajstić information content (AvgIpc) is 2.81. The molecule has 0 aromatic heterocycles. The zero-order chi connectivity index (χ0) is 23.2. The van der Waals surface area contributed by atoms with E-state index in [1.54, 1.807) is 0 Å². The van der Waals surface area contributed by atoms with E-state index in [4.69, 9.17) is 9.47 Å². The minimum absolute atomic E-state index is 0.00566. The highest BCUT2D eigenvalue weighted by Gasteiger charge is 2.41. The summed E-state index contributed by atoms with van der Waals surface area (Å²) < 4.78 is 12.1. The minimum atomic E-state index is -0.312. The fraction of sp³-hybridized carbons (Fsp3) is 0.536. The number of piperidine rings is 3. The molecule has 0 saturated carbocycles. The van der Waals surface area contributed by atoms with Gasteiger partial charge < -0.3 is 14.8 Å². The number of nitrogens with one attached hydrogen (secondary N) is 1. The number of amides is 1. The van der Waals surface area contributed by atoms with E-state index in [0.29, 0.717) is 18.4 Å². The van der Waals surface area contributed by atoms with Crippen molar-refractivity contribution in [3.8, 4) is 16.9 Å². The second kappa shape index (κ2) is 8.68. The molecule has 2 aromatic carbocycles. The highest BCUT2D eigenvalue weighted by atomic mass is 16.6. The molecule has 2 bridgehead atoms. The Balaban J connectivity index is 1.33. The first-order valence-electron chi connectivity index (χ1n) is 12.4. The summed E-state index contributed by atoms with van der Waals surface area (Å²) in [4.78, 5) is 15.3. The van der Waals surface area contributed by atoms with Gasteiger partial charge in [-0.15, -0.1) is 0 Å². The van der Waals surface area contributed by atoms with Crippen LogP contribution in [0.1, 0.15) is 63.6 Å². The van der Waals surface area contributed by atoms with E-state index in [9.17, 15) is 4.79 Å². The third kappa shape index (κ3) is 4.48. The highest BCUT2D eigenvalue weighted by molar-refractivity contribution is 5.70. The molecule has 0 radical (unpaired) electrons. The molecule has 4 aliphatic rings. The lowest BCUT2D eigenvalue weighted by Gasteiger charge is -2.44. The maximum Gasteiger partial charge on any atom is 0.407 e. The monoisotopic (exact) mass is 448 g/mol. The van der Waals surface area contributed by atoms with E-state index >= 15 is 0 Å². The van der Waals surface area contributed by atoms with E-state index in [1.165, 1.54) is 11.1 Å². The molecule has 33 heavy (non-hydrogen) atoms. The zero-order valence-electron chi connectivity index (χ0n) is 20.3. The van der Waals surface area contributed by atoms with Gasteiger partial charge in [0.25, 0.3) is 0 Å². The van der Waals surface area contributed by atoms with Crippen molar-refractivity contribution in [2.75, 3.05) is 26.2 Å². The summed E-state index contributed by atoms with van der Waals surface area (Å²) in [6, 6.07) is 14.9. The predicted molar refractivity (Wildman–Crippen MR) is 131 cm³/mol. The first-order chi connectivity index (χ1) is 15.8. The van der Waals surface area contributed by atoms with Gasteiger partial charge >= 0.3 is 6.09 Å². The van der Waals surface area contributed by atoms with Crippen LogP contribution in [0.5, 0.6) is 5.75 Å². The van der Waals surface area contributed by atoms with Crippen molar-refractivity contribution in [1.29, 1.82) is 0 Å². The number of carbonyl (C=O) groups is 1. The molecule has 0 spiro atoms. The number of benzene rings is 2. The van der Waals surface area contributed by atoms with Crippen LogP contribution in [0.4, 0.5) is 4.79 Å². The van der Waals surface area contributed by atoms with E-state index in [2.05, 4.69) is 80.4 Å². The minimum Gasteiger partial charge on any atom is -0.493 e. The number of hydrogen-bond acceptors (Lipinski definition) is 4. The van der Waals surface area contributed by atoms with Crippen molar-refractivity contribution in [2.24, 2.45) is 11.3 Å². The first-order valence-corrected chi connectivity index (χ1v) is 12.4. The topological polar surface area (TPSA) is 50.8 Å². The third-order valence-electron chi connectivity index (χ3n) is 7.73. The summed E-state index contributed by atoms with van der Waals surface area (Å²) in [5.41, 5.74) is 4.40. The number of hydrogen-bond donors (Lipinski definition) is 1. The van der Waals surface area contributed by atoms with E-state index in [1.807, 2.05) is 0 Å². The van der Waals surface area contributed by atoms with Gasteiger partial charge in [0.1, 0.15) is 11.9 Å². The molecule has 176 valence electrons. The van der Waals surface area contributed by atoms with Crippen LogP contribution >= 0.6 is 0 Å². The Labute approximate surface area is 197 Å². The maximum absolute atomic E-state index is 12.9. The quantitative estimate of drug-likeness (QED) is 0.646. The predicted octanol–water partition coefficient (Wildman–Crippen LogP) is 5.76. The smallest absolute Gasteiger partial charge is 0.407 e. The van der Waals surface area contributed by atoms with E-state index in [-0.39, 0.29) is 23.7 Å². The van der Waals surface area contributed by atoms with Gasteiger partial charge in [0.15, 0.2) is 0 Å². The van der Waals surface area contributed by atoms with Gasteiger partial charge in [0.05, 0.1) is 12.6 Å². The van der Waals surface area contributed by atoms with E-state index < -0.39 is 0 Å². The van der Waals surface area contributed by atoms with Crippen molar-refractivity contribution < 1.29 is 14.3 Å². The molecule has 2 aromatic rings. The van der Waals surface area contributed by atoms with Gasteiger partial charge in [-0.3, -0.25) is 4.90 Å². The molecular formula is C28H36N2O3. The summed E-state index contributed by atoms with van der Waals surface area (Å²) in [5, 5.41) is 3.19. The lowest BCUT2D eigenvalue weighted by molar-refractivity contribution is -0.0361. The Kier molecular flexibility index (Phi) is 5.86. The first kappa shape index (κ1) is 22.3. The molecule has 4 heterocycles. The van der Waals surface area contributed by atoms with Crippen molar-refractivity contribution in [3.63, 3.8) is 0 Å². The van der Waals surface area contributed by atoms with Gasteiger partial charge in [0, 0.05) is 17.5 Å². The van der Waals surface area contributed by atoms with Gasteiger partial charge in [-0.25, -0.2) is 4.79 Å². The van der Waals surface area contributed by atoms with Crippen molar-refractivity contribution in [3.05, 3.63) is 53.6 Å². The number of rotatable bonds is 4. The molecule has 3 fully saturated rings. The molecule has 3 saturated heterocycles. The van der Waals surface area contributed by atoms with Crippen LogP contribution in [0.2, 0.25) is 0 Å². The molecule has 0 aliphatic carbocycles. The molecule has 2 atom stereocenters. The highest BCUT2D eigenvalue weighted by Crippen LogP contribution is 2.44. The second-order valence-electron chi connectivity index (χ2n) is 11.0. The number of alkyl carbamates (subject to hydrolysis) is 1. The zero-order valence-corrected chi connectivity index (χ0v) is 20.3. The van der Waals surface area contributed by atoms with Crippen LogP contribution in [-0.4, -0.2) is 43.3 Å². The van der Waals surface area contributed by atoms with Crippen LogP contribution in [0.3, 0.4) is 0 Å². The molecule has 1 N–H and O–H groups in total. The lowest BCUT2D eigenvalue weighted by atomic mass is 9.78. The van der Waals surface area contributed by atoms with Crippen LogP contribution in [0, 0.1) is 11.3 Å². The molecule has 1 unspecified atom stereocenters. The average molecular weight is 449 g/mol. The summed E-state index contributed by atoms with van der Waals surface area (Å²) in [6.45, 7) is 12.4. The van der Waals surface area contributed by atoms with Crippen LogP contribution < -0.4 is 10.1 Å². The molecule has 6 rings (SSSR count). The standard InChI is InChI=1S/C28H36N2O3/c1-18(2)19-5-7-20(8-6-19)22-9-10-23-24(15-22)32-17-28(3,4)26(23)29-27(31)33-25-16-30-13-11-21(25)12-14-30/h5-10,15,18,21,25-26H,11-14,16-17H2,1-4H3,(H,29,31)/t25-,26?/m1/s1. The normalized spacial score (nSPS) is 27.5. The lowest BCUT2D eigenvalue weighted by Crippen LogP contribution is -2.53. The fourth-order valence-corrected chi connectivity index (χ4v) is 5.51. The third-order valence-corrected chi connectivity index (χ3v) is 7.73. The number of nitrogens with zero attached hydrogens (tertiary/aromatic N) is 1. The molecule has 1 amide bonds. The van der Waals surface area contributed by atoms with Crippen LogP contribution in [0.15, 0.2) is 42.5 Å². The van der Waals surface area contributed by atoms with Crippen molar-refractivity contribution in [2.45, 2.75) is 58.6 Å². The molecule has 5 nitrogen and oxygen atoms in total. The van der Waals surface area contributed by atoms with Crippen molar-refractivity contribution in [1.82, 2.24) is 10.2 Å². The van der Waals surface area contributed by atoms with Gasteiger partial charge in [-0.2, -0.15) is 0 Å². The Bertz CT molecular complexity index is 1010. The maximum atomic E-state index is 12.9. The summed E-state index contributed by atoms with van der Waals surface area (Å²) in [5.74, 6) is 1.86. The number of carbonyl (C=O) groups excluding carboxylic acids is 1. The van der Waals surface area contributed by atoms with Gasteiger partial charge in [-0.05, 0) is 60.5 Å². The largest absolute Gasteiger partial charge is 0.493 e. The van der Waals surface area contributed by atoms with Crippen LogP contribution in [-0.2, 0) is 4.74 Å². The SMILES string of the molecule is CC(C)c1ccc(-c2ccc3c(c2)OCC(C)(C)C3NC(=O)O[C@@H]2CN3CCC2CC3)cc1. The Hall–Kier alpha value is -2.53. The summed E-state index contributed by atoms with van der Waals surface area (Å²) >= 11 is 0. The molecule has 5 heteroatoms. The van der Waals surface area contributed by atoms with E-state index in [0.717, 1.165) is 49.4 Å². The molecular weight excluding hydrogens is 412 g/mol. The van der Waals surface area contributed by atoms with Gasteiger partial charge in [-0.1, -0.05) is 64.1 Å². The fourth-order valence-electron chi connectivity index (χ4n) is 5.51. The Morgan fingerprint density at radius 1 is 1.09 bits per heavy atom. The van der Waals surface area contributed by atoms with Gasteiger partial charge in [0.2, 0.25) is 0 Å².